The number of sulfonamides is 1. The van der Waals surface area contributed by atoms with Crippen molar-refractivity contribution in [2.24, 2.45) is 0 Å². The molecular formula is C17H19N5O7S2. The number of benzene rings is 1. The smallest absolute Gasteiger partial charge is 0.305 e. The second kappa shape index (κ2) is 8.95. The fourth-order valence-electron chi connectivity index (χ4n) is 3.06. The molecule has 31 heavy (non-hydrogen) atoms. The molecule has 14 heteroatoms. The molecule has 3 rings (SSSR count). The number of non-ortho nitro benzene ring substituents is 1. The Morgan fingerprint density at radius 2 is 1.94 bits per heavy atom. The van der Waals surface area contributed by atoms with Crippen LogP contribution in [0.3, 0.4) is 0 Å². The van der Waals surface area contributed by atoms with Crippen LogP contribution in [0.15, 0.2) is 33.3 Å². The zero-order valence-electron chi connectivity index (χ0n) is 16.4. The Balaban J connectivity index is 1.55. The van der Waals surface area contributed by atoms with Gasteiger partial charge in [0.15, 0.2) is 4.21 Å². The summed E-state index contributed by atoms with van der Waals surface area (Å²) in [5.74, 6) is -1.03. The van der Waals surface area contributed by atoms with Crippen LogP contribution in [0, 0.1) is 17.0 Å². The van der Waals surface area contributed by atoms with Gasteiger partial charge in [-0.15, -0.1) is 0 Å². The Kier molecular flexibility index (Phi) is 6.52. The highest BCUT2D eigenvalue weighted by Crippen LogP contribution is 2.22. The van der Waals surface area contributed by atoms with E-state index in [-0.39, 0.29) is 53.9 Å². The van der Waals surface area contributed by atoms with Crippen LogP contribution in [0.5, 0.6) is 0 Å². The van der Waals surface area contributed by atoms with E-state index in [1.807, 2.05) is 0 Å². The maximum Gasteiger partial charge on any atom is 0.305 e. The lowest BCUT2D eigenvalue weighted by molar-refractivity contribution is -0.384. The number of nitrogens with one attached hydrogen (secondary N) is 2. The summed E-state index contributed by atoms with van der Waals surface area (Å²) < 4.78 is 26.6. The molecule has 0 spiro atoms. The average molecular weight is 470 g/mol. The molecule has 1 aromatic heterocycles. The van der Waals surface area contributed by atoms with Crippen molar-refractivity contribution in [3.8, 4) is 0 Å². The van der Waals surface area contributed by atoms with Gasteiger partial charge in [0.25, 0.3) is 21.6 Å². The van der Waals surface area contributed by atoms with Crippen LogP contribution in [0.2, 0.25) is 0 Å². The van der Waals surface area contributed by atoms with Gasteiger partial charge in [0, 0.05) is 49.6 Å². The number of thiazole rings is 1. The van der Waals surface area contributed by atoms with E-state index in [1.54, 1.807) is 0 Å². The van der Waals surface area contributed by atoms with Crippen molar-refractivity contribution >= 4 is 38.9 Å². The summed E-state index contributed by atoms with van der Waals surface area (Å²) in [7, 11) is -3.84. The van der Waals surface area contributed by atoms with Gasteiger partial charge < -0.3 is 15.2 Å². The Bertz CT molecular complexity index is 1180. The molecule has 1 saturated heterocycles. The second-order valence-corrected chi connectivity index (χ2v) is 9.82. The van der Waals surface area contributed by atoms with Crippen LogP contribution in [-0.2, 0) is 14.8 Å². The summed E-state index contributed by atoms with van der Waals surface area (Å²) in [5.41, 5.74) is 0.0927. The van der Waals surface area contributed by atoms with Gasteiger partial charge in [0.05, 0.1) is 11.5 Å². The third-order valence-electron chi connectivity index (χ3n) is 4.67. The Morgan fingerprint density at radius 3 is 2.52 bits per heavy atom. The van der Waals surface area contributed by atoms with Crippen molar-refractivity contribution in [3.05, 3.63) is 55.3 Å². The Hall–Kier alpha value is -3.10. The first-order valence-electron chi connectivity index (χ1n) is 9.10. The van der Waals surface area contributed by atoms with Crippen LogP contribution in [0.25, 0.3) is 0 Å². The maximum absolute atomic E-state index is 12.7. The number of aromatic amines is 1. The summed E-state index contributed by atoms with van der Waals surface area (Å²) in [4.78, 5) is 49.6. The van der Waals surface area contributed by atoms with Gasteiger partial charge in [-0.2, -0.15) is 4.31 Å². The Morgan fingerprint density at radius 1 is 1.26 bits per heavy atom. The predicted octanol–water partition coefficient (Wildman–Crippen LogP) is -0.0841. The number of nitro groups is 1. The first-order chi connectivity index (χ1) is 14.6. The molecule has 12 nitrogen and oxygen atoms in total. The van der Waals surface area contributed by atoms with Gasteiger partial charge in [0.2, 0.25) is 5.91 Å². The number of nitrogens with zero attached hydrogens (tertiary/aromatic N) is 3. The molecule has 2 amide bonds. The molecule has 0 saturated carbocycles. The zero-order chi connectivity index (χ0) is 22.8. The number of carbonyl (C=O) groups excluding carboxylic acids is 2. The number of aryl methyl sites for hydroxylation is 1. The monoisotopic (exact) mass is 469 g/mol. The molecule has 2 heterocycles. The van der Waals surface area contributed by atoms with E-state index in [1.165, 1.54) is 34.3 Å². The lowest BCUT2D eigenvalue weighted by Crippen LogP contribution is -2.52. The highest BCUT2D eigenvalue weighted by molar-refractivity contribution is 7.91. The van der Waals surface area contributed by atoms with E-state index in [0.29, 0.717) is 11.3 Å². The van der Waals surface area contributed by atoms with Crippen molar-refractivity contribution in [3.63, 3.8) is 0 Å². The van der Waals surface area contributed by atoms with Gasteiger partial charge in [-0.3, -0.25) is 24.5 Å². The number of piperazine rings is 1. The van der Waals surface area contributed by atoms with E-state index in [2.05, 4.69) is 10.3 Å². The number of hydrogen-bond donors (Lipinski definition) is 2. The van der Waals surface area contributed by atoms with Crippen molar-refractivity contribution in [2.75, 3.05) is 32.7 Å². The second-order valence-electron chi connectivity index (χ2n) is 6.70. The third-order valence-corrected chi connectivity index (χ3v) is 8.15. The van der Waals surface area contributed by atoms with Crippen LogP contribution in [0.4, 0.5) is 5.69 Å². The van der Waals surface area contributed by atoms with E-state index >= 15 is 0 Å². The molecule has 0 atom stereocenters. The molecular weight excluding hydrogens is 450 g/mol. The molecule has 2 N–H and O–H groups in total. The van der Waals surface area contributed by atoms with Crippen LogP contribution in [0.1, 0.15) is 16.1 Å². The fraction of sp³-hybridized carbons (Fsp3) is 0.353. The first kappa shape index (κ1) is 22.6. The van der Waals surface area contributed by atoms with Gasteiger partial charge in [-0.25, -0.2) is 8.42 Å². The molecule has 1 aliphatic heterocycles. The molecule has 166 valence electrons. The normalized spacial score (nSPS) is 14.9. The van der Waals surface area contributed by atoms with Crippen LogP contribution >= 0.6 is 11.3 Å². The molecule has 2 aromatic rings. The van der Waals surface area contributed by atoms with Gasteiger partial charge in [-0.1, -0.05) is 17.4 Å². The van der Waals surface area contributed by atoms with Gasteiger partial charge in [-0.05, 0) is 13.0 Å². The molecule has 1 aliphatic rings. The average Bonchev–Trinajstić information content (AvgIpc) is 3.10. The molecule has 1 aromatic carbocycles. The molecule has 0 radical (unpaired) electrons. The Labute approximate surface area is 180 Å². The maximum atomic E-state index is 12.7. The van der Waals surface area contributed by atoms with Crippen molar-refractivity contribution < 1.29 is 22.9 Å². The van der Waals surface area contributed by atoms with E-state index in [9.17, 15) is 32.9 Å². The molecule has 0 unspecified atom stereocenters. The summed E-state index contributed by atoms with van der Waals surface area (Å²) >= 11 is 0.623. The highest BCUT2D eigenvalue weighted by Gasteiger charge is 2.32. The van der Waals surface area contributed by atoms with Crippen LogP contribution < -0.4 is 10.2 Å². The largest absolute Gasteiger partial charge is 0.343 e. The summed E-state index contributed by atoms with van der Waals surface area (Å²) in [6.07, 6.45) is 0. The van der Waals surface area contributed by atoms with Gasteiger partial charge in [0.1, 0.15) is 0 Å². The number of H-pyrrole nitrogens is 1. The van der Waals surface area contributed by atoms with Crippen molar-refractivity contribution in [1.82, 2.24) is 19.5 Å². The quantitative estimate of drug-likeness (QED) is 0.441. The number of aromatic nitrogens is 1. The number of amides is 2. The number of hydrogen-bond acceptors (Lipinski definition) is 8. The lowest BCUT2D eigenvalue weighted by atomic mass is 10.2. The summed E-state index contributed by atoms with van der Waals surface area (Å²) in [5, 5.41) is 13.2. The zero-order valence-corrected chi connectivity index (χ0v) is 18.0. The predicted molar refractivity (Wildman–Crippen MR) is 110 cm³/mol. The minimum atomic E-state index is -3.84. The molecule has 1 fully saturated rings. The highest BCUT2D eigenvalue weighted by atomic mass is 32.2. The minimum Gasteiger partial charge on any atom is -0.343 e. The first-order valence-corrected chi connectivity index (χ1v) is 11.4. The topological polar surface area (TPSA) is 163 Å². The van der Waals surface area contributed by atoms with E-state index in [4.69, 9.17) is 0 Å². The number of carbonyl (C=O) groups is 2. The van der Waals surface area contributed by atoms with Crippen molar-refractivity contribution in [2.45, 2.75) is 11.1 Å². The van der Waals surface area contributed by atoms with E-state index < -0.39 is 31.6 Å². The fourth-order valence-corrected chi connectivity index (χ4v) is 5.92. The number of nitro benzene ring substituents is 1. The van der Waals surface area contributed by atoms with Gasteiger partial charge >= 0.3 is 4.87 Å². The molecule has 0 aliphatic carbocycles. The SMILES string of the molecule is Cc1[nH]c(=O)sc1S(=O)(=O)N1CCN(C(=O)CNC(=O)c2cccc([N+](=O)[O-])c2)CC1. The standard InChI is InChI=1S/C17H19N5O7S2/c1-11-16(30-17(25)19-11)31(28,29)21-7-5-20(6-8-21)14(23)10-18-15(24)12-3-2-4-13(9-12)22(26)27/h2-4,9H,5-8,10H2,1H3,(H,18,24)(H,19,25). The van der Waals surface area contributed by atoms with E-state index in [0.717, 1.165) is 6.07 Å². The summed E-state index contributed by atoms with van der Waals surface area (Å²) in [6.45, 7) is 1.55. The third kappa shape index (κ3) is 4.98. The van der Waals surface area contributed by atoms with Crippen LogP contribution in [-0.4, -0.2) is 72.1 Å². The number of rotatable bonds is 6. The molecule has 0 bridgehead atoms. The minimum absolute atomic E-state index is 0.0403. The lowest BCUT2D eigenvalue weighted by Gasteiger charge is -2.33. The summed E-state index contributed by atoms with van der Waals surface area (Å²) in [6, 6.07) is 5.13. The van der Waals surface area contributed by atoms with Crippen molar-refractivity contribution in [1.29, 1.82) is 0 Å².